The van der Waals surface area contributed by atoms with Gasteiger partial charge in [0.25, 0.3) is 0 Å². The number of hydrazine groups is 1. The molecule has 1 saturated heterocycles. The van der Waals surface area contributed by atoms with Crippen LogP contribution in [0.1, 0.15) is 23.6 Å². The first-order valence-electron chi connectivity index (χ1n) is 4.59. The lowest BCUT2D eigenvalue weighted by atomic mass is 10.0. The van der Waals surface area contributed by atoms with E-state index in [1.807, 2.05) is 17.1 Å². The number of carbonyl (C=O) groups excluding carboxylic acids is 1. The van der Waals surface area contributed by atoms with Gasteiger partial charge in [-0.1, -0.05) is 23.7 Å². The van der Waals surface area contributed by atoms with Gasteiger partial charge < -0.3 is 0 Å². The number of carbonyl (C=O) groups is 1. The maximum Gasteiger partial charge on any atom is 0.236 e. The van der Waals surface area contributed by atoms with Crippen molar-refractivity contribution in [3.63, 3.8) is 0 Å². The Bertz CT molecular complexity index is 419. The van der Waals surface area contributed by atoms with Crippen LogP contribution in [-0.2, 0) is 11.3 Å². The van der Waals surface area contributed by atoms with Gasteiger partial charge in [0.1, 0.15) is 0 Å². The van der Waals surface area contributed by atoms with Gasteiger partial charge in [0.15, 0.2) is 0 Å². The van der Waals surface area contributed by atoms with E-state index in [1.54, 1.807) is 0 Å². The molecule has 2 aliphatic rings. The third-order valence-electron chi connectivity index (χ3n) is 2.84. The summed E-state index contributed by atoms with van der Waals surface area (Å²) in [5.41, 5.74) is 5.17. The number of hydrogen-bond acceptors (Lipinski definition) is 2. The minimum absolute atomic E-state index is 0.0839. The normalized spacial score (nSPS) is 24.6. The average molecular weight is 209 g/mol. The summed E-state index contributed by atoms with van der Waals surface area (Å²) in [5, 5.41) is 2.73. The second-order valence-corrected chi connectivity index (χ2v) is 4.10. The van der Waals surface area contributed by atoms with Crippen LogP contribution in [0.4, 0.5) is 0 Å². The zero-order chi connectivity index (χ0) is 9.71. The predicted octanol–water partition coefficient (Wildman–Crippen LogP) is 1.63. The molecule has 1 fully saturated rings. The Balaban J connectivity index is 2.11. The summed E-state index contributed by atoms with van der Waals surface area (Å²) in [7, 11) is 0. The van der Waals surface area contributed by atoms with E-state index >= 15 is 0 Å². The Labute approximate surface area is 86.6 Å². The van der Waals surface area contributed by atoms with E-state index < -0.39 is 0 Å². The van der Waals surface area contributed by atoms with Crippen molar-refractivity contribution in [1.82, 2.24) is 10.4 Å². The number of rotatable bonds is 0. The molecule has 1 atom stereocenters. The Hall–Kier alpha value is -1.06. The van der Waals surface area contributed by atoms with Gasteiger partial charge in [-0.3, -0.25) is 10.2 Å². The van der Waals surface area contributed by atoms with Crippen molar-refractivity contribution >= 4 is 17.5 Å². The van der Waals surface area contributed by atoms with Gasteiger partial charge in [0, 0.05) is 18.0 Å². The van der Waals surface area contributed by atoms with Crippen molar-refractivity contribution in [2.24, 2.45) is 0 Å². The summed E-state index contributed by atoms with van der Waals surface area (Å²) in [6.07, 6.45) is 0.525. The van der Waals surface area contributed by atoms with E-state index in [0.717, 1.165) is 17.1 Å². The molecule has 3 rings (SSSR count). The van der Waals surface area contributed by atoms with Gasteiger partial charge >= 0.3 is 0 Å². The summed E-state index contributed by atoms with van der Waals surface area (Å²) >= 11 is 6.12. The second-order valence-electron chi connectivity index (χ2n) is 3.70. The summed E-state index contributed by atoms with van der Waals surface area (Å²) in [4.78, 5) is 11.2. The third kappa shape index (κ3) is 0.996. The number of nitrogens with one attached hydrogen (secondary N) is 1. The van der Waals surface area contributed by atoms with Crippen LogP contribution in [0, 0.1) is 0 Å². The first-order valence-corrected chi connectivity index (χ1v) is 4.97. The Kier molecular flexibility index (Phi) is 1.60. The van der Waals surface area contributed by atoms with E-state index in [0.29, 0.717) is 6.42 Å². The fraction of sp³-hybridized carbons (Fsp3) is 0.300. The summed E-state index contributed by atoms with van der Waals surface area (Å²) < 4.78 is 0. The zero-order valence-electron chi connectivity index (χ0n) is 7.46. The van der Waals surface area contributed by atoms with Crippen molar-refractivity contribution in [3.05, 3.63) is 34.3 Å². The van der Waals surface area contributed by atoms with E-state index in [9.17, 15) is 4.79 Å². The number of fused-ring (bicyclic) bond motifs is 3. The standard InChI is InChI=1S/C10H9ClN2O/c11-7-3-1-2-6-5-13-8(10(6)7)4-9(14)12-13/h1-3,8H,4-5H2,(H,12,14). The molecule has 1 N–H and O–H groups in total. The van der Waals surface area contributed by atoms with E-state index in [1.165, 1.54) is 5.56 Å². The number of nitrogens with zero attached hydrogens (tertiary/aromatic N) is 1. The molecule has 0 aliphatic carbocycles. The Morgan fingerprint density at radius 2 is 2.36 bits per heavy atom. The summed E-state index contributed by atoms with van der Waals surface area (Å²) in [6.45, 7) is 0.770. The van der Waals surface area contributed by atoms with Crippen molar-refractivity contribution in [2.45, 2.75) is 19.0 Å². The summed E-state index contributed by atoms with van der Waals surface area (Å²) in [6, 6.07) is 6.04. The highest BCUT2D eigenvalue weighted by atomic mass is 35.5. The molecule has 1 aromatic carbocycles. The largest absolute Gasteiger partial charge is 0.288 e. The topological polar surface area (TPSA) is 32.3 Å². The van der Waals surface area contributed by atoms with Crippen LogP contribution in [0.5, 0.6) is 0 Å². The lowest BCUT2D eigenvalue weighted by Gasteiger charge is -2.13. The molecule has 2 aliphatic heterocycles. The average Bonchev–Trinajstić information content (AvgIpc) is 2.60. The van der Waals surface area contributed by atoms with Crippen LogP contribution in [0.15, 0.2) is 18.2 Å². The number of amides is 1. The van der Waals surface area contributed by atoms with E-state index in [4.69, 9.17) is 11.6 Å². The molecule has 0 saturated carbocycles. The lowest BCUT2D eigenvalue weighted by molar-refractivity contribution is -0.121. The first-order chi connectivity index (χ1) is 6.75. The molecule has 0 radical (unpaired) electrons. The Morgan fingerprint density at radius 1 is 1.50 bits per heavy atom. The minimum Gasteiger partial charge on any atom is -0.288 e. The highest BCUT2D eigenvalue weighted by Crippen LogP contribution is 2.41. The lowest BCUT2D eigenvalue weighted by Crippen LogP contribution is -2.30. The molecule has 4 heteroatoms. The van der Waals surface area contributed by atoms with Gasteiger partial charge in [-0.2, -0.15) is 0 Å². The van der Waals surface area contributed by atoms with Gasteiger partial charge in [0.2, 0.25) is 5.91 Å². The van der Waals surface area contributed by atoms with Crippen molar-refractivity contribution in [1.29, 1.82) is 0 Å². The monoisotopic (exact) mass is 208 g/mol. The first kappa shape index (κ1) is 8.26. The fourth-order valence-corrected chi connectivity index (χ4v) is 2.57. The molecular formula is C10H9ClN2O. The van der Waals surface area contributed by atoms with E-state index in [-0.39, 0.29) is 11.9 Å². The van der Waals surface area contributed by atoms with Crippen LogP contribution in [0.2, 0.25) is 5.02 Å². The molecule has 72 valence electrons. The summed E-state index contributed by atoms with van der Waals surface area (Å²) in [5.74, 6) is 0.0839. The van der Waals surface area contributed by atoms with Crippen LogP contribution < -0.4 is 5.43 Å². The third-order valence-corrected chi connectivity index (χ3v) is 3.17. The molecule has 2 heterocycles. The molecule has 1 unspecified atom stereocenters. The maximum absolute atomic E-state index is 11.2. The van der Waals surface area contributed by atoms with Crippen LogP contribution in [0.25, 0.3) is 0 Å². The van der Waals surface area contributed by atoms with Gasteiger partial charge in [-0.15, -0.1) is 0 Å². The van der Waals surface area contributed by atoms with Crippen molar-refractivity contribution in [3.8, 4) is 0 Å². The van der Waals surface area contributed by atoms with Gasteiger partial charge in [-0.25, -0.2) is 5.01 Å². The second kappa shape index (κ2) is 2.72. The highest BCUT2D eigenvalue weighted by Gasteiger charge is 2.39. The van der Waals surface area contributed by atoms with Crippen molar-refractivity contribution in [2.75, 3.05) is 0 Å². The van der Waals surface area contributed by atoms with Gasteiger partial charge in [-0.05, 0) is 17.2 Å². The van der Waals surface area contributed by atoms with Crippen LogP contribution in [0.3, 0.4) is 0 Å². The molecule has 3 nitrogen and oxygen atoms in total. The molecule has 0 bridgehead atoms. The molecule has 0 spiro atoms. The SMILES string of the molecule is O=C1CC2c3c(Cl)cccc3CN2N1. The number of benzene rings is 1. The van der Waals surface area contributed by atoms with Crippen LogP contribution >= 0.6 is 11.6 Å². The van der Waals surface area contributed by atoms with Gasteiger partial charge in [0.05, 0.1) is 6.04 Å². The number of halogens is 1. The molecule has 0 aromatic heterocycles. The highest BCUT2D eigenvalue weighted by molar-refractivity contribution is 6.31. The molecule has 14 heavy (non-hydrogen) atoms. The maximum atomic E-state index is 11.2. The minimum atomic E-state index is 0.0839. The van der Waals surface area contributed by atoms with Crippen molar-refractivity contribution < 1.29 is 4.79 Å². The van der Waals surface area contributed by atoms with Crippen LogP contribution in [-0.4, -0.2) is 10.9 Å². The molecular weight excluding hydrogens is 200 g/mol. The zero-order valence-corrected chi connectivity index (χ0v) is 8.21. The smallest absolute Gasteiger partial charge is 0.236 e. The number of hydrogen-bond donors (Lipinski definition) is 1. The predicted molar refractivity (Wildman–Crippen MR) is 52.5 cm³/mol. The van der Waals surface area contributed by atoms with E-state index in [2.05, 4.69) is 11.5 Å². The molecule has 1 amide bonds. The quantitative estimate of drug-likeness (QED) is 0.703. The fourth-order valence-electron chi connectivity index (χ4n) is 2.25. The molecule has 1 aromatic rings. The Morgan fingerprint density at radius 3 is 3.21 bits per heavy atom.